The highest BCUT2D eigenvalue weighted by molar-refractivity contribution is 5.88. The van der Waals surface area contributed by atoms with E-state index in [-0.39, 0.29) is 31.0 Å². The largest absolute Gasteiger partial charge is 0.483 e. The standard InChI is InChI=1S/C18H22N2O2.ClH/c1-13-11-19-10-9-16(13)20-18(21)12-22-17-8-4-6-14-5-2-3-7-15(14)17;/h2-8,13,16,19H,9-12H2,1H3,(H,20,21);1H. The molecular formula is C18H23ClN2O2. The van der Waals surface area contributed by atoms with Crippen LogP contribution in [0.1, 0.15) is 13.3 Å². The maximum Gasteiger partial charge on any atom is 0.258 e. The number of benzene rings is 2. The zero-order valence-corrected chi connectivity index (χ0v) is 14.1. The van der Waals surface area contributed by atoms with E-state index in [1.807, 2.05) is 42.5 Å². The lowest BCUT2D eigenvalue weighted by molar-refractivity contribution is -0.124. The molecule has 1 heterocycles. The summed E-state index contributed by atoms with van der Waals surface area (Å²) in [5.74, 6) is 1.16. The Morgan fingerprint density at radius 2 is 2.04 bits per heavy atom. The van der Waals surface area contributed by atoms with Crippen molar-refractivity contribution < 1.29 is 9.53 Å². The van der Waals surface area contributed by atoms with Crippen LogP contribution in [0.5, 0.6) is 5.75 Å². The number of hydrogen-bond acceptors (Lipinski definition) is 3. The maximum absolute atomic E-state index is 12.1. The van der Waals surface area contributed by atoms with Crippen LogP contribution in [-0.4, -0.2) is 31.6 Å². The summed E-state index contributed by atoms with van der Waals surface area (Å²) < 4.78 is 5.73. The van der Waals surface area contributed by atoms with Crippen molar-refractivity contribution in [1.82, 2.24) is 10.6 Å². The molecule has 2 unspecified atom stereocenters. The van der Waals surface area contributed by atoms with Crippen molar-refractivity contribution in [3.63, 3.8) is 0 Å². The monoisotopic (exact) mass is 334 g/mol. The second-order valence-electron chi connectivity index (χ2n) is 5.91. The Labute approximate surface area is 143 Å². The molecule has 1 amide bonds. The van der Waals surface area contributed by atoms with E-state index < -0.39 is 0 Å². The van der Waals surface area contributed by atoms with Gasteiger partial charge in [-0.1, -0.05) is 43.3 Å². The van der Waals surface area contributed by atoms with Gasteiger partial charge in [-0.25, -0.2) is 0 Å². The number of rotatable bonds is 4. The molecule has 2 aromatic carbocycles. The maximum atomic E-state index is 12.1. The van der Waals surface area contributed by atoms with Crippen LogP contribution in [0.4, 0.5) is 0 Å². The van der Waals surface area contributed by atoms with E-state index in [4.69, 9.17) is 4.74 Å². The number of amides is 1. The average molecular weight is 335 g/mol. The summed E-state index contributed by atoms with van der Waals surface area (Å²) >= 11 is 0. The van der Waals surface area contributed by atoms with Gasteiger partial charge in [-0.15, -0.1) is 12.4 Å². The number of piperidine rings is 1. The molecule has 1 saturated heterocycles. The van der Waals surface area contributed by atoms with Crippen LogP contribution in [0.2, 0.25) is 0 Å². The third-order valence-electron chi connectivity index (χ3n) is 4.24. The summed E-state index contributed by atoms with van der Waals surface area (Å²) in [7, 11) is 0. The fourth-order valence-electron chi connectivity index (χ4n) is 2.94. The number of halogens is 1. The molecular weight excluding hydrogens is 312 g/mol. The second kappa shape index (κ2) is 8.18. The van der Waals surface area contributed by atoms with Crippen molar-refractivity contribution >= 4 is 29.1 Å². The van der Waals surface area contributed by atoms with Crippen LogP contribution in [-0.2, 0) is 4.79 Å². The first-order chi connectivity index (χ1) is 10.7. The lowest BCUT2D eigenvalue weighted by Gasteiger charge is -2.30. The molecule has 0 aromatic heterocycles. The third kappa shape index (κ3) is 4.36. The first-order valence-electron chi connectivity index (χ1n) is 7.84. The molecule has 0 bridgehead atoms. The Kier molecular flexibility index (Phi) is 6.25. The van der Waals surface area contributed by atoms with E-state index >= 15 is 0 Å². The number of hydrogen-bond donors (Lipinski definition) is 2. The smallest absolute Gasteiger partial charge is 0.258 e. The normalized spacial score (nSPS) is 20.6. The topological polar surface area (TPSA) is 50.4 Å². The fourth-order valence-corrected chi connectivity index (χ4v) is 2.94. The zero-order chi connectivity index (χ0) is 15.4. The highest BCUT2D eigenvalue weighted by Gasteiger charge is 2.22. The number of ether oxygens (including phenoxy) is 1. The average Bonchev–Trinajstić information content (AvgIpc) is 2.55. The predicted molar refractivity (Wildman–Crippen MR) is 95.3 cm³/mol. The summed E-state index contributed by atoms with van der Waals surface area (Å²) in [5.41, 5.74) is 0. The quantitative estimate of drug-likeness (QED) is 0.904. The van der Waals surface area contributed by atoms with Gasteiger partial charge in [0.05, 0.1) is 0 Å². The lowest BCUT2D eigenvalue weighted by atomic mass is 9.95. The Morgan fingerprint density at radius 3 is 2.87 bits per heavy atom. The summed E-state index contributed by atoms with van der Waals surface area (Å²) in [6, 6.07) is 14.2. The SMILES string of the molecule is CC1CNCCC1NC(=O)COc1cccc2ccccc12.Cl. The molecule has 1 aliphatic rings. The molecule has 3 rings (SSSR count). The molecule has 124 valence electrons. The Bertz CT molecular complexity index is 657. The number of nitrogens with one attached hydrogen (secondary N) is 2. The van der Waals surface area contributed by atoms with E-state index in [2.05, 4.69) is 17.6 Å². The van der Waals surface area contributed by atoms with Crippen LogP contribution < -0.4 is 15.4 Å². The summed E-state index contributed by atoms with van der Waals surface area (Å²) in [6.45, 7) is 4.13. The van der Waals surface area contributed by atoms with Crippen molar-refractivity contribution in [2.24, 2.45) is 5.92 Å². The van der Waals surface area contributed by atoms with E-state index in [9.17, 15) is 4.79 Å². The van der Waals surface area contributed by atoms with Crippen molar-refractivity contribution in [2.45, 2.75) is 19.4 Å². The number of carbonyl (C=O) groups excluding carboxylic acids is 1. The fraction of sp³-hybridized carbons (Fsp3) is 0.389. The molecule has 0 saturated carbocycles. The highest BCUT2D eigenvalue weighted by atomic mass is 35.5. The first kappa shape index (κ1) is 17.6. The van der Waals surface area contributed by atoms with Gasteiger partial charge in [-0.3, -0.25) is 4.79 Å². The molecule has 0 radical (unpaired) electrons. The zero-order valence-electron chi connectivity index (χ0n) is 13.2. The Morgan fingerprint density at radius 1 is 1.26 bits per heavy atom. The molecule has 0 spiro atoms. The molecule has 1 fully saturated rings. The van der Waals surface area contributed by atoms with E-state index in [1.54, 1.807) is 0 Å². The van der Waals surface area contributed by atoms with Gasteiger partial charge in [-0.2, -0.15) is 0 Å². The van der Waals surface area contributed by atoms with E-state index in [0.29, 0.717) is 5.92 Å². The van der Waals surface area contributed by atoms with Gasteiger partial charge in [0.1, 0.15) is 5.75 Å². The van der Waals surface area contributed by atoms with E-state index in [0.717, 1.165) is 36.0 Å². The predicted octanol–water partition coefficient (Wildman–Crippen LogP) is 2.75. The number of carbonyl (C=O) groups is 1. The van der Waals surface area contributed by atoms with E-state index in [1.165, 1.54) is 0 Å². The highest BCUT2D eigenvalue weighted by Crippen LogP contribution is 2.25. The van der Waals surface area contributed by atoms with Crippen molar-refractivity contribution in [3.8, 4) is 5.75 Å². The van der Waals surface area contributed by atoms with Crippen LogP contribution in [0.3, 0.4) is 0 Å². The van der Waals surface area contributed by atoms with Gasteiger partial charge >= 0.3 is 0 Å². The summed E-state index contributed by atoms with van der Waals surface area (Å²) in [6.07, 6.45) is 0.973. The molecule has 2 aromatic rings. The van der Waals surface area contributed by atoms with Gasteiger partial charge in [0.2, 0.25) is 0 Å². The van der Waals surface area contributed by atoms with Gasteiger partial charge in [-0.05, 0) is 36.9 Å². The lowest BCUT2D eigenvalue weighted by Crippen LogP contribution is -2.49. The minimum absolute atomic E-state index is 0. The van der Waals surface area contributed by atoms with Crippen LogP contribution in [0.25, 0.3) is 10.8 Å². The first-order valence-corrected chi connectivity index (χ1v) is 7.84. The van der Waals surface area contributed by atoms with Crippen LogP contribution in [0, 0.1) is 5.92 Å². The Hall–Kier alpha value is -1.78. The molecule has 0 aliphatic carbocycles. The molecule has 5 heteroatoms. The minimum atomic E-state index is -0.0494. The minimum Gasteiger partial charge on any atom is -0.483 e. The summed E-state index contributed by atoms with van der Waals surface area (Å²) in [4.78, 5) is 12.1. The van der Waals surface area contributed by atoms with Gasteiger partial charge in [0, 0.05) is 11.4 Å². The Balaban J connectivity index is 0.00000192. The van der Waals surface area contributed by atoms with Gasteiger partial charge in [0.15, 0.2) is 6.61 Å². The molecule has 23 heavy (non-hydrogen) atoms. The van der Waals surface area contributed by atoms with Crippen molar-refractivity contribution in [3.05, 3.63) is 42.5 Å². The van der Waals surface area contributed by atoms with Gasteiger partial charge in [0.25, 0.3) is 5.91 Å². The second-order valence-corrected chi connectivity index (χ2v) is 5.91. The summed E-state index contributed by atoms with van der Waals surface area (Å²) in [5, 5.41) is 8.57. The van der Waals surface area contributed by atoms with Crippen LogP contribution >= 0.6 is 12.4 Å². The van der Waals surface area contributed by atoms with Crippen molar-refractivity contribution in [1.29, 1.82) is 0 Å². The van der Waals surface area contributed by atoms with Crippen molar-refractivity contribution in [2.75, 3.05) is 19.7 Å². The molecule has 2 atom stereocenters. The third-order valence-corrected chi connectivity index (χ3v) is 4.24. The van der Waals surface area contributed by atoms with Crippen LogP contribution in [0.15, 0.2) is 42.5 Å². The molecule has 1 aliphatic heterocycles. The van der Waals surface area contributed by atoms with Gasteiger partial charge < -0.3 is 15.4 Å². The molecule has 2 N–H and O–H groups in total. The number of fused-ring (bicyclic) bond motifs is 1. The molecule has 4 nitrogen and oxygen atoms in total.